The van der Waals surface area contributed by atoms with Gasteiger partial charge < -0.3 is 10.2 Å². The van der Waals surface area contributed by atoms with Crippen LogP contribution in [0.5, 0.6) is 0 Å². The summed E-state index contributed by atoms with van der Waals surface area (Å²) in [6.45, 7) is 8.40. The van der Waals surface area contributed by atoms with E-state index in [1.807, 2.05) is 6.92 Å². The lowest BCUT2D eigenvalue weighted by molar-refractivity contribution is -0.913. The fourth-order valence-corrected chi connectivity index (χ4v) is 2.91. The van der Waals surface area contributed by atoms with Crippen molar-refractivity contribution in [1.29, 1.82) is 0 Å². The number of benzene rings is 1. The van der Waals surface area contributed by atoms with Crippen LogP contribution in [-0.4, -0.2) is 25.0 Å². The van der Waals surface area contributed by atoms with Crippen LogP contribution in [0.1, 0.15) is 43.7 Å². The van der Waals surface area contributed by atoms with E-state index in [-0.39, 0.29) is 11.9 Å². The molecule has 1 fully saturated rings. The van der Waals surface area contributed by atoms with E-state index in [9.17, 15) is 4.79 Å². The zero-order chi connectivity index (χ0) is 14.5. The van der Waals surface area contributed by atoms with Crippen LogP contribution in [-0.2, 0) is 4.79 Å². The topological polar surface area (TPSA) is 33.5 Å². The lowest BCUT2D eigenvalue weighted by Gasteiger charge is -2.24. The maximum Gasteiger partial charge on any atom is 0.282 e. The molecule has 3 heteroatoms. The largest absolute Gasteiger partial charge is 0.325 e. The summed E-state index contributed by atoms with van der Waals surface area (Å²) in [5.74, 6) is 0.149. The van der Waals surface area contributed by atoms with E-state index in [0.29, 0.717) is 0 Å². The smallest absolute Gasteiger partial charge is 0.282 e. The monoisotopic (exact) mass is 275 g/mol. The summed E-state index contributed by atoms with van der Waals surface area (Å²) < 4.78 is 0. The molecule has 0 spiro atoms. The number of hydrogen-bond donors (Lipinski definition) is 2. The lowest BCUT2D eigenvalue weighted by atomic mass is 10.1. The number of carbonyl (C=O) groups excluding carboxylic acids is 1. The minimum Gasteiger partial charge on any atom is -0.325 e. The molecular weight excluding hydrogens is 248 g/mol. The van der Waals surface area contributed by atoms with Gasteiger partial charge in [-0.3, -0.25) is 4.79 Å². The molecule has 2 N–H and O–H groups in total. The third-order valence-corrected chi connectivity index (χ3v) is 4.40. The Morgan fingerprint density at radius 1 is 1.15 bits per heavy atom. The Bertz CT molecular complexity index is 462. The van der Waals surface area contributed by atoms with E-state index in [0.717, 1.165) is 24.3 Å². The number of amides is 1. The standard InChI is InChI=1S/C17H26N2O/c1-13-8-9-14(2)16(12-13)18-17(20)15(3)19-10-6-4-5-7-11-19/h8-9,12,15H,4-7,10-11H2,1-3H3,(H,18,20)/p+1/t15-/m0/s1. The van der Waals surface area contributed by atoms with Gasteiger partial charge in [-0.2, -0.15) is 0 Å². The molecule has 1 aliphatic heterocycles. The van der Waals surface area contributed by atoms with Gasteiger partial charge in [-0.15, -0.1) is 0 Å². The molecule has 0 radical (unpaired) electrons. The quantitative estimate of drug-likeness (QED) is 0.870. The molecule has 3 nitrogen and oxygen atoms in total. The van der Waals surface area contributed by atoms with Crippen LogP contribution in [0.3, 0.4) is 0 Å². The van der Waals surface area contributed by atoms with Crippen molar-refractivity contribution < 1.29 is 9.69 Å². The number of nitrogens with one attached hydrogen (secondary N) is 2. The van der Waals surface area contributed by atoms with Crippen LogP contribution in [0, 0.1) is 13.8 Å². The second-order valence-electron chi connectivity index (χ2n) is 6.10. The fourth-order valence-electron chi connectivity index (χ4n) is 2.91. The third-order valence-electron chi connectivity index (χ3n) is 4.40. The van der Waals surface area contributed by atoms with Crippen LogP contribution >= 0.6 is 0 Å². The van der Waals surface area contributed by atoms with E-state index in [4.69, 9.17) is 0 Å². The first-order valence-electron chi connectivity index (χ1n) is 7.80. The van der Waals surface area contributed by atoms with Gasteiger partial charge in [-0.25, -0.2) is 0 Å². The van der Waals surface area contributed by atoms with E-state index in [1.165, 1.54) is 36.1 Å². The molecule has 1 aromatic rings. The van der Waals surface area contributed by atoms with Crippen molar-refractivity contribution in [2.45, 2.75) is 52.5 Å². The Morgan fingerprint density at radius 3 is 2.45 bits per heavy atom. The number of aryl methyl sites for hydroxylation is 2. The van der Waals surface area contributed by atoms with E-state index < -0.39 is 0 Å². The van der Waals surface area contributed by atoms with Crippen molar-refractivity contribution in [3.05, 3.63) is 29.3 Å². The molecule has 110 valence electrons. The first kappa shape index (κ1) is 15.0. The Kier molecular flexibility index (Phi) is 5.18. The molecule has 0 bridgehead atoms. The van der Waals surface area contributed by atoms with Gasteiger partial charge in [0.2, 0.25) is 0 Å². The zero-order valence-corrected chi connectivity index (χ0v) is 13.0. The normalized spacial score (nSPS) is 18.4. The predicted molar refractivity (Wildman–Crippen MR) is 83.2 cm³/mol. The third kappa shape index (κ3) is 3.83. The molecule has 1 atom stereocenters. The van der Waals surface area contributed by atoms with Crippen LogP contribution in [0.4, 0.5) is 5.69 Å². The van der Waals surface area contributed by atoms with E-state index in [2.05, 4.69) is 37.4 Å². The minimum atomic E-state index is 0.0352. The zero-order valence-electron chi connectivity index (χ0n) is 13.0. The van der Waals surface area contributed by atoms with Crippen molar-refractivity contribution >= 4 is 11.6 Å². The summed E-state index contributed by atoms with van der Waals surface area (Å²) in [6, 6.07) is 6.23. The highest BCUT2D eigenvalue weighted by molar-refractivity contribution is 5.94. The van der Waals surface area contributed by atoms with Crippen molar-refractivity contribution in [2.75, 3.05) is 18.4 Å². The highest BCUT2D eigenvalue weighted by Gasteiger charge is 2.25. The summed E-state index contributed by atoms with van der Waals surface area (Å²) >= 11 is 0. The molecule has 0 saturated carbocycles. The number of anilines is 1. The highest BCUT2D eigenvalue weighted by Crippen LogP contribution is 2.16. The van der Waals surface area contributed by atoms with Crippen molar-refractivity contribution in [3.8, 4) is 0 Å². The average molecular weight is 275 g/mol. The number of hydrogen-bond acceptors (Lipinski definition) is 1. The average Bonchev–Trinajstić information content (AvgIpc) is 2.71. The molecule has 2 rings (SSSR count). The predicted octanol–water partition coefficient (Wildman–Crippen LogP) is 2.09. The summed E-state index contributed by atoms with van der Waals surface area (Å²) in [7, 11) is 0. The number of quaternary nitrogens is 1. The Hall–Kier alpha value is -1.35. The lowest BCUT2D eigenvalue weighted by Crippen LogP contribution is -3.16. The van der Waals surface area contributed by atoms with Gasteiger partial charge in [-0.1, -0.05) is 12.1 Å². The molecule has 1 amide bonds. The van der Waals surface area contributed by atoms with Crippen LogP contribution in [0.2, 0.25) is 0 Å². The first-order valence-corrected chi connectivity index (χ1v) is 7.80. The van der Waals surface area contributed by atoms with Gasteiger partial charge >= 0.3 is 0 Å². The van der Waals surface area contributed by atoms with Gasteiger partial charge in [0, 0.05) is 5.69 Å². The SMILES string of the molecule is Cc1ccc(C)c(NC(=O)[C@H](C)[NH+]2CCCCCC2)c1. The first-order chi connectivity index (χ1) is 9.58. The second-order valence-corrected chi connectivity index (χ2v) is 6.10. The van der Waals surface area contributed by atoms with Crippen LogP contribution < -0.4 is 10.2 Å². The molecule has 1 aromatic carbocycles. The summed E-state index contributed by atoms with van der Waals surface area (Å²) in [6.07, 6.45) is 5.12. The van der Waals surface area contributed by atoms with Gasteiger partial charge in [-0.05, 0) is 63.6 Å². The molecule has 0 aromatic heterocycles. The van der Waals surface area contributed by atoms with Crippen LogP contribution in [0.25, 0.3) is 0 Å². The van der Waals surface area contributed by atoms with E-state index in [1.54, 1.807) is 0 Å². The van der Waals surface area contributed by atoms with Crippen molar-refractivity contribution in [1.82, 2.24) is 0 Å². The molecule has 0 unspecified atom stereocenters. The Labute approximate surface area is 122 Å². The van der Waals surface area contributed by atoms with Crippen LogP contribution in [0.15, 0.2) is 18.2 Å². The molecule has 0 aliphatic carbocycles. The number of rotatable bonds is 3. The summed E-state index contributed by atoms with van der Waals surface area (Å²) in [4.78, 5) is 13.9. The molecule has 1 aliphatic rings. The van der Waals surface area contributed by atoms with E-state index >= 15 is 0 Å². The second kappa shape index (κ2) is 6.89. The van der Waals surface area contributed by atoms with Gasteiger partial charge in [0.25, 0.3) is 5.91 Å². The van der Waals surface area contributed by atoms with Gasteiger partial charge in [0.1, 0.15) is 0 Å². The Balaban J connectivity index is 2.01. The molecule has 20 heavy (non-hydrogen) atoms. The highest BCUT2D eigenvalue weighted by atomic mass is 16.2. The minimum absolute atomic E-state index is 0.0352. The Morgan fingerprint density at radius 2 is 1.80 bits per heavy atom. The van der Waals surface area contributed by atoms with Crippen molar-refractivity contribution in [3.63, 3.8) is 0 Å². The van der Waals surface area contributed by atoms with Crippen molar-refractivity contribution in [2.24, 2.45) is 0 Å². The summed E-state index contributed by atoms with van der Waals surface area (Å²) in [5, 5.41) is 3.11. The van der Waals surface area contributed by atoms with Gasteiger partial charge in [0.05, 0.1) is 13.1 Å². The number of carbonyl (C=O) groups is 1. The molecular formula is C17H27N2O+. The molecule has 1 saturated heterocycles. The molecule has 1 heterocycles. The maximum atomic E-state index is 12.5. The number of likely N-dealkylation sites (tertiary alicyclic amines) is 1. The fraction of sp³-hybridized carbons (Fsp3) is 0.588. The summed E-state index contributed by atoms with van der Waals surface area (Å²) in [5.41, 5.74) is 3.26. The van der Waals surface area contributed by atoms with Gasteiger partial charge in [0.15, 0.2) is 6.04 Å². The maximum absolute atomic E-state index is 12.5.